The molecule has 1 rings (SSSR count). The van der Waals surface area contributed by atoms with Gasteiger partial charge in [0.05, 0.1) is 5.54 Å². The van der Waals surface area contributed by atoms with Gasteiger partial charge in [0, 0.05) is 6.42 Å². The lowest BCUT2D eigenvalue weighted by molar-refractivity contribution is -0.131. The average molecular weight is 211 g/mol. The molecule has 0 aromatic carbocycles. The smallest absolute Gasteiger partial charge is 0.220 e. The maximum absolute atomic E-state index is 11.7. The number of hydrogen-bond donors (Lipinski definition) is 1. The zero-order valence-corrected chi connectivity index (χ0v) is 9.77. The monoisotopic (exact) mass is 211 g/mol. The van der Waals surface area contributed by atoms with E-state index in [2.05, 4.69) is 5.32 Å². The molecule has 0 heterocycles. The molecule has 1 aliphatic carbocycles. The molecule has 0 radical (unpaired) electrons. The Morgan fingerprint density at radius 2 is 1.67 bits per heavy atom. The second-order valence-electron chi connectivity index (χ2n) is 4.45. The maximum Gasteiger partial charge on any atom is 0.220 e. The summed E-state index contributed by atoms with van der Waals surface area (Å²) >= 11 is 0. The van der Waals surface area contributed by atoms with Crippen LogP contribution in [0.3, 0.4) is 0 Å². The fourth-order valence-corrected chi connectivity index (χ4v) is 2.25. The van der Waals surface area contributed by atoms with Gasteiger partial charge in [0.2, 0.25) is 5.91 Å². The largest absolute Gasteiger partial charge is 0.344 e. The van der Waals surface area contributed by atoms with E-state index < -0.39 is 5.54 Å². The van der Waals surface area contributed by atoms with Gasteiger partial charge in [0.25, 0.3) is 0 Å². The Labute approximate surface area is 91.6 Å². The van der Waals surface area contributed by atoms with Crippen molar-refractivity contribution in [1.82, 2.24) is 5.32 Å². The first-order chi connectivity index (χ1) is 7.10. The number of nitrogens with one attached hydrogen (secondary N) is 1. The van der Waals surface area contributed by atoms with Gasteiger partial charge in [-0.1, -0.05) is 32.6 Å². The van der Waals surface area contributed by atoms with Gasteiger partial charge < -0.3 is 5.32 Å². The van der Waals surface area contributed by atoms with Crippen LogP contribution in [0.15, 0.2) is 0 Å². The molecule has 0 atom stereocenters. The maximum atomic E-state index is 11.7. The van der Waals surface area contributed by atoms with E-state index in [4.69, 9.17) is 0 Å². The molecule has 0 bridgehead atoms. The summed E-state index contributed by atoms with van der Waals surface area (Å²) in [5.41, 5.74) is -0.552. The van der Waals surface area contributed by atoms with Gasteiger partial charge >= 0.3 is 0 Å². The Hall–Kier alpha value is -0.860. The standard InChI is InChI=1S/C12H21NO2/c1-3-11(15)13-12(10(2)14)8-6-4-5-7-9-12/h3-9H2,1-2H3,(H,13,15). The zero-order chi connectivity index (χ0) is 11.3. The molecule has 0 unspecified atom stereocenters. The fraction of sp³-hybridized carbons (Fsp3) is 0.833. The molecule has 3 nitrogen and oxygen atoms in total. The van der Waals surface area contributed by atoms with Crippen LogP contribution in [-0.2, 0) is 9.59 Å². The van der Waals surface area contributed by atoms with E-state index in [1.165, 1.54) is 12.8 Å². The number of Topliss-reactive ketones (excluding diaryl/α,β-unsaturated/α-hetero) is 1. The third kappa shape index (κ3) is 3.05. The van der Waals surface area contributed by atoms with Crippen LogP contribution in [-0.4, -0.2) is 17.2 Å². The lowest BCUT2D eigenvalue weighted by atomic mass is 9.86. The molecule has 1 fully saturated rings. The summed E-state index contributed by atoms with van der Waals surface area (Å²) in [6, 6.07) is 0. The molecule has 1 N–H and O–H groups in total. The van der Waals surface area contributed by atoms with Crippen molar-refractivity contribution in [2.24, 2.45) is 0 Å². The van der Waals surface area contributed by atoms with Gasteiger partial charge in [-0.15, -0.1) is 0 Å². The van der Waals surface area contributed by atoms with Crippen molar-refractivity contribution in [2.45, 2.75) is 64.3 Å². The van der Waals surface area contributed by atoms with Crippen LogP contribution >= 0.6 is 0 Å². The predicted octanol–water partition coefficient (Wildman–Crippen LogP) is 2.19. The number of amides is 1. The highest BCUT2D eigenvalue weighted by Gasteiger charge is 2.36. The molecule has 3 heteroatoms. The van der Waals surface area contributed by atoms with Crippen molar-refractivity contribution < 1.29 is 9.59 Å². The number of rotatable bonds is 3. The van der Waals surface area contributed by atoms with Crippen molar-refractivity contribution in [3.05, 3.63) is 0 Å². The highest BCUT2D eigenvalue weighted by Crippen LogP contribution is 2.28. The molecule has 0 aromatic rings. The van der Waals surface area contributed by atoms with Crippen LogP contribution in [0.1, 0.15) is 58.8 Å². The highest BCUT2D eigenvalue weighted by molar-refractivity contribution is 5.91. The number of ketones is 1. The van der Waals surface area contributed by atoms with Crippen molar-refractivity contribution in [3.8, 4) is 0 Å². The molecule has 1 aliphatic rings. The Morgan fingerprint density at radius 1 is 1.13 bits per heavy atom. The predicted molar refractivity (Wildman–Crippen MR) is 59.5 cm³/mol. The number of carbonyl (C=O) groups excluding carboxylic acids is 2. The van der Waals surface area contributed by atoms with Gasteiger partial charge in [-0.25, -0.2) is 0 Å². The summed E-state index contributed by atoms with van der Waals surface area (Å²) in [5.74, 6) is 0.110. The minimum Gasteiger partial charge on any atom is -0.344 e. The van der Waals surface area contributed by atoms with Gasteiger partial charge in [-0.2, -0.15) is 0 Å². The first kappa shape index (κ1) is 12.2. The number of hydrogen-bond acceptors (Lipinski definition) is 2. The SMILES string of the molecule is CCC(=O)NC1(C(C)=O)CCCCCC1. The zero-order valence-electron chi connectivity index (χ0n) is 9.77. The van der Waals surface area contributed by atoms with Crippen LogP contribution in [0.4, 0.5) is 0 Å². The molecule has 0 saturated heterocycles. The highest BCUT2D eigenvalue weighted by atomic mass is 16.2. The van der Waals surface area contributed by atoms with Crippen LogP contribution < -0.4 is 5.32 Å². The topological polar surface area (TPSA) is 46.2 Å². The third-order valence-corrected chi connectivity index (χ3v) is 3.33. The van der Waals surface area contributed by atoms with Crippen LogP contribution in [0, 0.1) is 0 Å². The Kier molecular flexibility index (Phi) is 4.30. The minimum absolute atomic E-state index is 0.00731. The molecular weight excluding hydrogens is 190 g/mol. The van der Waals surface area contributed by atoms with E-state index in [0.29, 0.717) is 6.42 Å². The average Bonchev–Trinajstić information content (AvgIpc) is 2.44. The minimum atomic E-state index is -0.552. The summed E-state index contributed by atoms with van der Waals surface area (Å²) in [5, 5.41) is 2.93. The molecule has 0 aliphatic heterocycles. The van der Waals surface area contributed by atoms with Gasteiger partial charge in [0.1, 0.15) is 0 Å². The lowest BCUT2D eigenvalue weighted by Gasteiger charge is -2.31. The quantitative estimate of drug-likeness (QED) is 0.727. The van der Waals surface area contributed by atoms with E-state index in [0.717, 1.165) is 25.7 Å². The fourth-order valence-electron chi connectivity index (χ4n) is 2.25. The Balaban J connectivity index is 2.75. The Morgan fingerprint density at radius 3 is 2.07 bits per heavy atom. The molecule has 0 spiro atoms. The molecular formula is C12H21NO2. The third-order valence-electron chi connectivity index (χ3n) is 3.33. The van der Waals surface area contributed by atoms with Gasteiger partial charge in [-0.3, -0.25) is 9.59 Å². The van der Waals surface area contributed by atoms with Crippen molar-refractivity contribution >= 4 is 11.7 Å². The van der Waals surface area contributed by atoms with E-state index >= 15 is 0 Å². The van der Waals surface area contributed by atoms with Crippen molar-refractivity contribution in [2.75, 3.05) is 0 Å². The first-order valence-corrected chi connectivity index (χ1v) is 5.93. The normalized spacial score (nSPS) is 20.4. The molecule has 1 amide bonds. The van der Waals surface area contributed by atoms with Gasteiger partial charge in [-0.05, 0) is 19.8 Å². The van der Waals surface area contributed by atoms with Crippen LogP contribution in [0.2, 0.25) is 0 Å². The second kappa shape index (κ2) is 5.29. The van der Waals surface area contributed by atoms with Gasteiger partial charge in [0.15, 0.2) is 5.78 Å². The van der Waals surface area contributed by atoms with Crippen molar-refractivity contribution in [1.29, 1.82) is 0 Å². The van der Waals surface area contributed by atoms with E-state index in [-0.39, 0.29) is 11.7 Å². The summed E-state index contributed by atoms with van der Waals surface area (Å²) in [6.07, 6.45) is 6.53. The molecule has 15 heavy (non-hydrogen) atoms. The van der Waals surface area contributed by atoms with E-state index in [9.17, 15) is 9.59 Å². The molecule has 86 valence electrons. The van der Waals surface area contributed by atoms with E-state index in [1.54, 1.807) is 6.92 Å². The summed E-state index contributed by atoms with van der Waals surface area (Å²) in [7, 11) is 0. The van der Waals surface area contributed by atoms with Crippen LogP contribution in [0.5, 0.6) is 0 Å². The number of carbonyl (C=O) groups is 2. The summed E-state index contributed by atoms with van der Waals surface area (Å²) in [4.78, 5) is 23.1. The molecule has 0 aromatic heterocycles. The molecule has 1 saturated carbocycles. The van der Waals surface area contributed by atoms with Crippen molar-refractivity contribution in [3.63, 3.8) is 0 Å². The Bertz CT molecular complexity index is 240. The lowest BCUT2D eigenvalue weighted by Crippen LogP contribution is -2.53. The van der Waals surface area contributed by atoms with Crippen LogP contribution in [0.25, 0.3) is 0 Å². The summed E-state index contributed by atoms with van der Waals surface area (Å²) in [6.45, 7) is 3.42. The first-order valence-electron chi connectivity index (χ1n) is 5.93. The second-order valence-corrected chi connectivity index (χ2v) is 4.45. The van der Waals surface area contributed by atoms with E-state index in [1.807, 2.05) is 6.92 Å². The summed E-state index contributed by atoms with van der Waals surface area (Å²) < 4.78 is 0.